The van der Waals surface area contributed by atoms with E-state index in [1.165, 1.54) is 0 Å². The van der Waals surface area contributed by atoms with Gasteiger partial charge in [-0.2, -0.15) is 0 Å². The topological polar surface area (TPSA) is 109 Å². The van der Waals surface area contributed by atoms with Crippen molar-refractivity contribution >= 4 is 49.9 Å². The van der Waals surface area contributed by atoms with Crippen LogP contribution >= 0.6 is 15.9 Å². The van der Waals surface area contributed by atoms with Gasteiger partial charge in [-0.3, -0.25) is 14.3 Å². The number of nitrogens with one attached hydrogen (secondary N) is 1. The van der Waals surface area contributed by atoms with Gasteiger partial charge in [-0.15, -0.1) is 5.10 Å². The number of nitrogens with zero attached hydrogens (tertiary/aromatic N) is 6. The molecule has 0 saturated carbocycles. The van der Waals surface area contributed by atoms with Crippen molar-refractivity contribution in [2.24, 2.45) is 0 Å². The Labute approximate surface area is 303 Å². The fourth-order valence-electron chi connectivity index (χ4n) is 7.04. The van der Waals surface area contributed by atoms with Crippen molar-refractivity contribution in [3.63, 3.8) is 0 Å². The number of H-pyrrole nitrogens is 1. The Balaban J connectivity index is 1.19. The minimum Gasteiger partial charge on any atom is -0.496 e. The Morgan fingerprint density at radius 2 is 1.76 bits per heavy atom. The van der Waals surface area contributed by atoms with Crippen molar-refractivity contribution in [2.75, 3.05) is 58.4 Å². The fraction of sp³-hybridized carbons (Fsp3) is 0.316. The first-order chi connectivity index (χ1) is 24.7. The molecule has 0 aliphatic carbocycles. The third-order valence-electron chi connectivity index (χ3n) is 9.64. The predicted molar refractivity (Wildman–Crippen MR) is 198 cm³/mol. The molecule has 0 bridgehead atoms. The first-order valence-electron chi connectivity index (χ1n) is 16.9. The second kappa shape index (κ2) is 14.6. The molecule has 2 aliphatic rings. The summed E-state index contributed by atoms with van der Waals surface area (Å²) < 4.78 is 30.6. The molecule has 3 aromatic carbocycles. The number of para-hydroxylation sites is 1. The number of aryl methyl sites for hydroxylation is 2. The second-order valence-corrected chi connectivity index (χ2v) is 13.6. The normalized spacial score (nSPS) is 14.9. The van der Waals surface area contributed by atoms with Crippen molar-refractivity contribution in [1.82, 2.24) is 29.8 Å². The molecule has 0 spiro atoms. The van der Waals surface area contributed by atoms with E-state index in [9.17, 15) is 9.59 Å². The van der Waals surface area contributed by atoms with Crippen LogP contribution in [0, 0.1) is 12.7 Å². The minimum absolute atomic E-state index is 0.0381. The summed E-state index contributed by atoms with van der Waals surface area (Å²) in [5, 5.41) is 8.33. The molecule has 0 radical (unpaired) electrons. The van der Waals surface area contributed by atoms with Crippen LogP contribution in [0.15, 0.2) is 71.5 Å². The van der Waals surface area contributed by atoms with Crippen LogP contribution < -0.4 is 14.4 Å². The molecular weight excluding hydrogens is 717 g/mol. The number of rotatable bonds is 9. The van der Waals surface area contributed by atoms with Crippen LogP contribution in [-0.2, 0) is 11.3 Å². The van der Waals surface area contributed by atoms with E-state index in [0.29, 0.717) is 73.7 Å². The van der Waals surface area contributed by atoms with E-state index in [4.69, 9.17) is 9.47 Å². The van der Waals surface area contributed by atoms with Gasteiger partial charge in [0.15, 0.2) is 11.6 Å². The highest BCUT2D eigenvalue weighted by atomic mass is 79.9. The molecule has 2 amide bonds. The number of aromatic nitrogens is 4. The van der Waals surface area contributed by atoms with Gasteiger partial charge in [0.05, 0.1) is 42.6 Å². The summed E-state index contributed by atoms with van der Waals surface area (Å²) in [5.74, 6) is 0.689. The number of piperazine rings is 1. The largest absolute Gasteiger partial charge is 0.496 e. The molecule has 4 heterocycles. The summed E-state index contributed by atoms with van der Waals surface area (Å²) in [6.45, 7) is 5.48. The first-order valence-corrected chi connectivity index (χ1v) is 17.7. The van der Waals surface area contributed by atoms with Crippen LogP contribution in [0.3, 0.4) is 0 Å². The average molecular weight is 757 g/mol. The van der Waals surface area contributed by atoms with Gasteiger partial charge in [-0.05, 0) is 76.3 Å². The lowest BCUT2D eigenvalue weighted by atomic mass is 9.93. The molecule has 13 heteroatoms. The maximum atomic E-state index is 16.7. The number of benzene rings is 3. The summed E-state index contributed by atoms with van der Waals surface area (Å²) in [6.07, 6.45) is 6.15. The van der Waals surface area contributed by atoms with Gasteiger partial charge in [0.1, 0.15) is 11.4 Å². The second-order valence-electron chi connectivity index (χ2n) is 12.8. The molecule has 264 valence electrons. The van der Waals surface area contributed by atoms with E-state index < -0.39 is 5.82 Å². The van der Waals surface area contributed by atoms with Crippen molar-refractivity contribution in [1.29, 1.82) is 0 Å². The fourth-order valence-corrected chi connectivity index (χ4v) is 7.77. The number of hydrogen-bond donors (Lipinski definition) is 1. The number of halogens is 2. The van der Waals surface area contributed by atoms with Crippen LogP contribution in [0.5, 0.6) is 11.5 Å². The van der Waals surface area contributed by atoms with Crippen LogP contribution in [0.4, 0.5) is 10.1 Å². The van der Waals surface area contributed by atoms with Gasteiger partial charge in [-0.1, -0.05) is 29.5 Å². The summed E-state index contributed by atoms with van der Waals surface area (Å²) in [6, 6.07) is 15.2. The Hall–Kier alpha value is -5.17. The first kappa shape index (κ1) is 34.3. The van der Waals surface area contributed by atoms with E-state index in [0.717, 1.165) is 32.6 Å². The molecule has 5 aromatic rings. The number of amides is 2. The number of aromatic amines is 1. The van der Waals surface area contributed by atoms with E-state index in [-0.39, 0.29) is 30.3 Å². The molecule has 1 fully saturated rings. The minimum atomic E-state index is -0.465. The number of ether oxygens (including phenoxy) is 2. The lowest BCUT2D eigenvalue weighted by Crippen LogP contribution is -2.49. The molecule has 51 heavy (non-hydrogen) atoms. The maximum absolute atomic E-state index is 16.7. The van der Waals surface area contributed by atoms with E-state index in [1.807, 2.05) is 49.4 Å². The summed E-state index contributed by atoms with van der Waals surface area (Å²) in [4.78, 5) is 36.1. The molecule has 2 aliphatic heterocycles. The predicted octanol–water partition coefficient (Wildman–Crippen LogP) is 6.32. The Bertz CT molecular complexity index is 2120. The van der Waals surface area contributed by atoms with Crippen LogP contribution in [0.2, 0.25) is 0 Å². The van der Waals surface area contributed by atoms with Gasteiger partial charge in [0.2, 0.25) is 5.91 Å². The zero-order valence-corrected chi connectivity index (χ0v) is 30.4. The molecular formula is C38H39BrFN7O4. The lowest BCUT2D eigenvalue weighted by Gasteiger charge is -2.36. The van der Waals surface area contributed by atoms with Crippen molar-refractivity contribution in [3.8, 4) is 22.6 Å². The third kappa shape index (κ3) is 6.82. The molecule has 1 saturated heterocycles. The maximum Gasteiger partial charge on any atom is 0.270 e. The van der Waals surface area contributed by atoms with E-state index in [1.54, 1.807) is 47.2 Å². The molecule has 2 aromatic heterocycles. The van der Waals surface area contributed by atoms with E-state index >= 15 is 4.39 Å². The highest BCUT2D eigenvalue weighted by Gasteiger charge is 2.29. The van der Waals surface area contributed by atoms with Crippen molar-refractivity contribution in [2.45, 2.75) is 26.3 Å². The Morgan fingerprint density at radius 3 is 2.51 bits per heavy atom. The molecule has 11 nitrogen and oxygen atoms in total. The van der Waals surface area contributed by atoms with Gasteiger partial charge >= 0.3 is 0 Å². The quantitative estimate of drug-likeness (QED) is 0.188. The zero-order chi connectivity index (χ0) is 35.6. The molecule has 0 unspecified atom stereocenters. The Kier molecular flexibility index (Phi) is 9.81. The zero-order valence-electron chi connectivity index (χ0n) is 28.8. The smallest absolute Gasteiger partial charge is 0.270 e. The summed E-state index contributed by atoms with van der Waals surface area (Å²) in [5.41, 5.74) is 5.22. The SMILES string of the molecule is COc1ccccc1-c1cc(C2=CCCN(C(=O)CCn3ccnn3)C2)c(F)c2[nH]c(C(=O)N3CCN(c4cc(C)cc(Br)c4OC)CC3)cc12. The third-order valence-corrected chi connectivity index (χ3v) is 10.2. The average Bonchev–Trinajstić information content (AvgIpc) is 3.85. The van der Waals surface area contributed by atoms with Crippen LogP contribution in [0.1, 0.15) is 34.5 Å². The number of carbonyl (C=O) groups is 2. The summed E-state index contributed by atoms with van der Waals surface area (Å²) >= 11 is 3.61. The number of carbonyl (C=O) groups excluding carboxylic acids is 2. The van der Waals surface area contributed by atoms with Gasteiger partial charge in [-0.25, -0.2) is 4.39 Å². The molecule has 0 atom stereocenters. The van der Waals surface area contributed by atoms with Gasteiger partial charge in [0, 0.05) is 68.4 Å². The molecule has 7 rings (SSSR count). The van der Waals surface area contributed by atoms with Crippen LogP contribution in [-0.4, -0.2) is 95.1 Å². The van der Waals surface area contributed by atoms with Gasteiger partial charge < -0.3 is 29.2 Å². The molecule has 1 N–H and O–H groups in total. The Morgan fingerprint density at radius 1 is 0.961 bits per heavy atom. The van der Waals surface area contributed by atoms with E-state index in [2.05, 4.69) is 42.2 Å². The van der Waals surface area contributed by atoms with Crippen LogP contribution in [0.25, 0.3) is 27.6 Å². The number of anilines is 1. The number of hydrogen-bond acceptors (Lipinski definition) is 7. The highest BCUT2D eigenvalue weighted by Crippen LogP contribution is 2.41. The highest BCUT2D eigenvalue weighted by molar-refractivity contribution is 9.10. The standard InChI is InChI=1S/C38H39BrFN7O4/c1-24-19-30(39)37(51-3)32(20-24)44-15-17-45(18-16-44)38(49)31-22-29-28(26-8-4-5-9-33(26)50-2)21-27(35(40)36(29)42-31)25-7-6-12-46(23-25)34(48)10-13-47-14-11-41-43-47/h4-5,7-9,11,14,19-22,42H,6,10,12-13,15-18,23H2,1-3H3. The summed E-state index contributed by atoms with van der Waals surface area (Å²) in [7, 11) is 3.25. The number of fused-ring (bicyclic) bond motifs is 1. The van der Waals surface area contributed by atoms with Crippen molar-refractivity contribution in [3.05, 3.63) is 94.1 Å². The van der Waals surface area contributed by atoms with Crippen molar-refractivity contribution < 1.29 is 23.5 Å². The monoisotopic (exact) mass is 755 g/mol. The van der Waals surface area contributed by atoms with Gasteiger partial charge in [0.25, 0.3) is 5.91 Å². The lowest BCUT2D eigenvalue weighted by molar-refractivity contribution is -0.131. The number of methoxy groups -OCH3 is 2.